The SMILES string of the molecule is COCC[C@@H]1C[C@@H](NC(=O)Nc2c(C)c(-c3ccc4c(cnn4C)c3)nn2-c2ccccc2)[C@H](c2ccnc(C)c2)O1. The van der Waals surface area contributed by atoms with Gasteiger partial charge in [-0.2, -0.15) is 10.2 Å². The fraction of sp³-hybridized carbons (Fsp3) is 0.312. The van der Waals surface area contributed by atoms with E-state index < -0.39 is 0 Å². The van der Waals surface area contributed by atoms with Crippen LogP contribution in [0.15, 0.2) is 73.1 Å². The Kier molecular flexibility index (Phi) is 7.73. The Morgan fingerprint density at radius 1 is 1.12 bits per heavy atom. The van der Waals surface area contributed by atoms with Crippen LogP contribution in [0.3, 0.4) is 0 Å². The quantitative estimate of drug-likeness (QED) is 0.257. The molecular formula is C32H35N7O3. The summed E-state index contributed by atoms with van der Waals surface area (Å²) in [6, 6.07) is 19.4. The Bertz CT molecular complexity index is 1710. The molecule has 3 atom stereocenters. The van der Waals surface area contributed by atoms with Gasteiger partial charge in [-0.3, -0.25) is 15.0 Å². The van der Waals surface area contributed by atoms with Gasteiger partial charge in [-0.25, -0.2) is 9.48 Å². The maximum atomic E-state index is 13.6. The summed E-state index contributed by atoms with van der Waals surface area (Å²) in [6.07, 6.45) is 4.73. The van der Waals surface area contributed by atoms with Crippen molar-refractivity contribution in [2.75, 3.05) is 19.0 Å². The van der Waals surface area contributed by atoms with Crippen LogP contribution >= 0.6 is 0 Å². The highest BCUT2D eigenvalue weighted by Gasteiger charge is 2.37. The number of hydrogen-bond acceptors (Lipinski definition) is 6. The number of aromatic nitrogens is 5. The lowest BCUT2D eigenvalue weighted by molar-refractivity contribution is 0.0211. The van der Waals surface area contributed by atoms with Gasteiger partial charge in [-0.1, -0.05) is 24.3 Å². The van der Waals surface area contributed by atoms with E-state index in [9.17, 15) is 4.79 Å². The average Bonchev–Trinajstić information content (AvgIpc) is 3.67. The van der Waals surface area contributed by atoms with E-state index in [4.69, 9.17) is 14.6 Å². The molecule has 0 radical (unpaired) electrons. The van der Waals surface area contributed by atoms with Gasteiger partial charge in [0.15, 0.2) is 0 Å². The van der Waals surface area contributed by atoms with E-state index in [2.05, 4.69) is 26.8 Å². The van der Waals surface area contributed by atoms with Gasteiger partial charge in [0.25, 0.3) is 0 Å². The largest absolute Gasteiger partial charge is 0.385 e. The molecule has 6 rings (SSSR count). The van der Waals surface area contributed by atoms with Crippen LogP contribution in [0, 0.1) is 13.8 Å². The summed E-state index contributed by atoms with van der Waals surface area (Å²) in [5.74, 6) is 0.603. The van der Waals surface area contributed by atoms with Crippen molar-refractivity contribution in [3.05, 3.63) is 89.9 Å². The predicted molar refractivity (Wildman–Crippen MR) is 162 cm³/mol. The van der Waals surface area contributed by atoms with Gasteiger partial charge in [0.1, 0.15) is 11.9 Å². The number of urea groups is 1. The predicted octanol–water partition coefficient (Wildman–Crippen LogP) is 5.49. The van der Waals surface area contributed by atoms with Crippen molar-refractivity contribution in [1.82, 2.24) is 29.9 Å². The van der Waals surface area contributed by atoms with Crippen LogP contribution in [0.1, 0.15) is 35.8 Å². The van der Waals surface area contributed by atoms with Crippen LogP contribution in [-0.2, 0) is 16.5 Å². The van der Waals surface area contributed by atoms with Gasteiger partial charge < -0.3 is 14.8 Å². The fourth-order valence-corrected chi connectivity index (χ4v) is 5.69. The second kappa shape index (κ2) is 11.8. The Labute approximate surface area is 244 Å². The van der Waals surface area contributed by atoms with Gasteiger partial charge in [-0.05, 0) is 68.7 Å². The van der Waals surface area contributed by atoms with Gasteiger partial charge in [-0.15, -0.1) is 0 Å². The molecule has 0 bridgehead atoms. The molecule has 42 heavy (non-hydrogen) atoms. The number of aryl methyl sites for hydroxylation is 2. The lowest BCUT2D eigenvalue weighted by Gasteiger charge is -2.21. The number of fused-ring (bicyclic) bond motifs is 1. The molecule has 0 unspecified atom stereocenters. The van der Waals surface area contributed by atoms with Crippen LogP contribution < -0.4 is 10.6 Å². The van der Waals surface area contributed by atoms with Crippen LogP contribution in [0.4, 0.5) is 10.6 Å². The molecule has 1 aliphatic heterocycles. The molecule has 2 aromatic carbocycles. The molecule has 1 fully saturated rings. The lowest BCUT2D eigenvalue weighted by atomic mass is 10.0. The molecular weight excluding hydrogens is 530 g/mol. The third-order valence-electron chi connectivity index (χ3n) is 7.81. The molecule has 10 nitrogen and oxygen atoms in total. The first-order valence-electron chi connectivity index (χ1n) is 14.1. The maximum absolute atomic E-state index is 13.6. The van der Waals surface area contributed by atoms with Gasteiger partial charge >= 0.3 is 6.03 Å². The van der Waals surface area contributed by atoms with E-state index in [1.54, 1.807) is 18.0 Å². The van der Waals surface area contributed by atoms with E-state index in [0.717, 1.165) is 51.1 Å². The highest BCUT2D eigenvalue weighted by molar-refractivity contribution is 5.92. The summed E-state index contributed by atoms with van der Waals surface area (Å²) in [5, 5.41) is 16.7. The minimum Gasteiger partial charge on any atom is -0.385 e. The van der Waals surface area contributed by atoms with Crippen molar-refractivity contribution in [3.63, 3.8) is 0 Å². The molecule has 0 spiro atoms. The van der Waals surface area contributed by atoms with E-state index in [1.807, 2.05) is 86.4 Å². The molecule has 2 amide bonds. The number of methoxy groups -OCH3 is 1. The molecule has 0 saturated carbocycles. The van der Waals surface area contributed by atoms with Crippen molar-refractivity contribution in [3.8, 4) is 16.9 Å². The number of anilines is 1. The molecule has 4 heterocycles. The number of para-hydroxylation sites is 1. The smallest absolute Gasteiger partial charge is 0.320 e. The number of carbonyl (C=O) groups is 1. The molecule has 10 heteroatoms. The summed E-state index contributed by atoms with van der Waals surface area (Å²) < 4.78 is 15.3. The topological polar surface area (TPSA) is 108 Å². The zero-order chi connectivity index (χ0) is 29.2. The second-order valence-corrected chi connectivity index (χ2v) is 10.7. The summed E-state index contributed by atoms with van der Waals surface area (Å²) in [6.45, 7) is 4.52. The standard InChI is InChI=1S/C32H35N7O3/c1-20-16-23(12-14-33-20)30-27(18-26(42-30)13-15-41-4)35-32(40)36-31-21(2)29(37-39(31)25-8-6-5-7-9-25)22-10-11-28-24(17-22)19-34-38(28)3/h5-12,14,16-17,19,26-27,30H,13,15,18H2,1-4H3,(H2,35,36,40)/t26-,27-,30+/m1/s1. The van der Waals surface area contributed by atoms with Gasteiger partial charge in [0.05, 0.1) is 35.2 Å². The first-order chi connectivity index (χ1) is 20.4. The lowest BCUT2D eigenvalue weighted by Crippen LogP contribution is -2.40. The normalized spacial score (nSPS) is 18.4. The summed E-state index contributed by atoms with van der Waals surface area (Å²) >= 11 is 0. The Balaban J connectivity index is 1.30. The number of carbonyl (C=O) groups excluding carboxylic acids is 1. The molecule has 5 aromatic rings. The third kappa shape index (κ3) is 5.50. The fourth-order valence-electron chi connectivity index (χ4n) is 5.69. The molecule has 1 aliphatic rings. The number of amides is 2. The van der Waals surface area contributed by atoms with Gasteiger partial charge in [0, 0.05) is 49.2 Å². The number of rotatable bonds is 8. The highest BCUT2D eigenvalue weighted by Crippen LogP contribution is 2.36. The Morgan fingerprint density at radius 3 is 2.74 bits per heavy atom. The van der Waals surface area contributed by atoms with Gasteiger partial charge in [0.2, 0.25) is 0 Å². The molecule has 3 aromatic heterocycles. The number of ether oxygens (including phenoxy) is 2. The first kappa shape index (κ1) is 27.6. The van der Waals surface area contributed by atoms with Crippen LogP contribution in [0.25, 0.3) is 27.8 Å². The van der Waals surface area contributed by atoms with Crippen molar-refractivity contribution >= 4 is 22.8 Å². The highest BCUT2D eigenvalue weighted by atomic mass is 16.5. The Morgan fingerprint density at radius 2 is 1.95 bits per heavy atom. The number of benzene rings is 2. The van der Waals surface area contributed by atoms with Crippen molar-refractivity contribution < 1.29 is 14.3 Å². The zero-order valence-corrected chi connectivity index (χ0v) is 24.2. The number of nitrogens with one attached hydrogen (secondary N) is 2. The molecule has 2 N–H and O–H groups in total. The van der Waals surface area contributed by atoms with Crippen molar-refractivity contribution in [2.24, 2.45) is 7.05 Å². The minimum atomic E-state index is -0.318. The summed E-state index contributed by atoms with van der Waals surface area (Å²) in [5.41, 5.74) is 6.37. The van der Waals surface area contributed by atoms with E-state index in [-0.39, 0.29) is 24.3 Å². The third-order valence-corrected chi connectivity index (χ3v) is 7.81. The summed E-state index contributed by atoms with van der Waals surface area (Å²) in [4.78, 5) is 18.0. The summed E-state index contributed by atoms with van der Waals surface area (Å²) in [7, 11) is 3.61. The number of hydrogen-bond donors (Lipinski definition) is 2. The first-order valence-corrected chi connectivity index (χ1v) is 14.1. The monoisotopic (exact) mass is 565 g/mol. The number of nitrogens with zero attached hydrogens (tertiary/aromatic N) is 5. The molecule has 1 saturated heterocycles. The van der Waals surface area contributed by atoms with Crippen LogP contribution in [0.5, 0.6) is 0 Å². The number of pyridine rings is 1. The molecule has 216 valence electrons. The molecule has 0 aliphatic carbocycles. The maximum Gasteiger partial charge on any atom is 0.320 e. The Hall–Kier alpha value is -4.54. The second-order valence-electron chi connectivity index (χ2n) is 10.7. The van der Waals surface area contributed by atoms with Crippen molar-refractivity contribution in [1.29, 1.82) is 0 Å². The van der Waals surface area contributed by atoms with Crippen LogP contribution in [-0.4, -0.2) is 56.4 Å². The van der Waals surface area contributed by atoms with E-state index >= 15 is 0 Å². The van der Waals surface area contributed by atoms with E-state index in [0.29, 0.717) is 18.8 Å². The van der Waals surface area contributed by atoms with Crippen LogP contribution in [0.2, 0.25) is 0 Å². The average molecular weight is 566 g/mol. The van der Waals surface area contributed by atoms with Crippen molar-refractivity contribution in [2.45, 2.75) is 44.9 Å². The zero-order valence-electron chi connectivity index (χ0n) is 24.2. The minimum absolute atomic E-state index is 0.0284. The van der Waals surface area contributed by atoms with E-state index in [1.165, 1.54) is 0 Å².